The molecule has 0 radical (unpaired) electrons. The van der Waals surface area contributed by atoms with Gasteiger partial charge in [0.1, 0.15) is 18.1 Å². The van der Waals surface area contributed by atoms with Crippen molar-refractivity contribution in [1.29, 1.82) is 0 Å². The number of ether oxygens (including phenoxy) is 2. The predicted molar refractivity (Wildman–Crippen MR) is 166 cm³/mol. The Hall–Kier alpha value is -4.08. The van der Waals surface area contributed by atoms with Crippen LogP contribution < -0.4 is 14.8 Å². The van der Waals surface area contributed by atoms with Gasteiger partial charge in [-0.1, -0.05) is 64.5 Å². The van der Waals surface area contributed by atoms with E-state index in [2.05, 4.69) is 21.2 Å². The lowest BCUT2D eigenvalue weighted by molar-refractivity contribution is -0.123. The summed E-state index contributed by atoms with van der Waals surface area (Å²) in [4.78, 5) is 39.9. The van der Waals surface area contributed by atoms with E-state index in [0.717, 1.165) is 43.8 Å². The Labute approximate surface area is 250 Å². The summed E-state index contributed by atoms with van der Waals surface area (Å²) < 4.78 is 12.5. The minimum atomic E-state index is -0.403. The summed E-state index contributed by atoms with van der Waals surface area (Å²) in [6.45, 7) is 3.94. The van der Waals surface area contributed by atoms with Crippen LogP contribution in [0, 0.1) is 13.8 Å². The van der Waals surface area contributed by atoms with Crippen LogP contribution in [0.2, 0.25) is 0 Å². The molecule has 0 atom stereocenters. The van der Waals surface area contributed by atoms with E-state index in [4.69, 9.17) is 9.47 Å². The van der Waals surface area contributed by atoms with Crippen LogP contribution >= 0.6 is 27.7 Å². The number of imide groups is 1. The van der Waals surface area contributed by atoms with Gasteiger partial charge in [-0.3, -0.25) is 19.3 Å². The molecule has 0 bridgehead atoms. The molecule has 41 heavy (non-hydrogen) atoms. The number of benzene rings is 4. The molecule has 1 heterocycles. The molecule has 1 saturated heterocycles. The molecule has 5 rings (SSSR count). The number of amides is 3. The fourth-order valence-corrected chi connectivity index (χ4v) is 5.60. The van der Waals surface area contributed by atoms with Gasteiger partial charge in [0.15, 0.2) is 6.61 Å². The summed E-state index contributed by atoms with van der Waals surface area (Å²) in [5.41, 5.74) is 3.28. The first-order valence-electron chi connectivity index (χ1n) is 12.9. The Morgan fingerprint density at radius 2 is 1.76 bits per heavy atom. The molecular formula is C32H27BrN2O5S. The number of halogens is 1. The van der Waals surface area contributed by atoms with Crippen LogP contribution in [0.3, 0.4) is 0 Å². The molecule has 208 valence electrons. The smallest absolute Gasteiger partial charge is 0.293 e. The average Bonchev–Trinajstić information content (AvgIpc) is 3.22. The summed E-state index contributed by atoms with van der Waals surface area (Å²) in [5.74, 6) is 0.401. The van der Waals surface area contributed by atoms with Gasteiger partial charge in [-0.2, -0.15) is 0 Å². The lowest BCUT2D eigenvalue weighted by Crippen LogP contribution is -2.32. The Morgan fingerprint density at radius 3 is 2.61 bits per heavy atom. The molecule has 4 aromatic rings. The summed E-state index contributed by atoms with van der Waals surface area (Å²) in [5, 5.41) is 4.52. The normalized spacial score (nSPS) is 14.1. The second-order valence-corrected chi connectivity index (χ2v) is 11.4. The van der Waals surface area contributed by atoms with Crippen LogP contribution in [0.1, 0.15) is 16.7 Å². The summed E-state index contributed by atoms with van der Waals surface area (Å²) in [7, 11) is 0. The van der Waals surface area contributed by atoms with Crippen molar-refractivity contribution in [1.82, 2.24) is 4.90 Å². The van der Waals surface area contributed by atoms with Gasteiger partial charge in [0.2, 0.25) is 0 Å². The van der Waals surface area contributed by atoms with Crippen molar-refractivity contribution in [2.45, 2.75) is 13.8 Å². The zero-order chi connectivity index (χ0) is 28.9. The molecule has 1 aliphatic rings. The van der Waals surface area contributed by atoms with E-state index >= 15 is 0 Å². The van der Waals surface area contributed by atoms with Crippen molar-refractivity contribution in [2.24, 2.45) is 0 Å². The number of carbonyl (C=O) groups excluding carboxylic acids is 3. The van der Waals surface area contributed by atoms with Crippen LogP contribution in [0.5, 0.6) is 11.5 Å². The molecular weight excluding hydrogens is 604 g/mol. The van der Waals surface area contributed by atoms with Gasteiger partial charge in [0.25, 0.3) is 17.1 Å². The first kappa shape index (κ1) is 28.4. The fraction of sp³-hybridized carbons (Fsp3) is 0.156. The van der Waals surface area contributed by atoms with E-state index in [-0.39, 0.29) is 35.8 Å². The van der Waals surface area contributed by atoms with E-state index in [9.17, 15) is 14.4 Å². The maximum atomic E-state index is 13.1. The SMILES string of the molecule is Cc1ccc(C)c(NC(=O)COc2ccc(Br)cc2/C=C2\SC(=O)N(CCOc3cccc4ccccc34)C2=O)c1. The third kappa shape index (κ3) is 6.81. The number of anilines is 1. The predicted octanol–water partition coefficient (Wildman–Crippen LogP) is 7.35. The molecule has 7 nitrogen and oxygen atoms in total. The third-order valence-corrected chi connectivity index (χ3v) is 7.88. The monoisotopic (exact) mass is 630 g/mol. The largest absolute Gasteiger partial charge is 0.491 e. The molecule has 0 aliphatic carbocycles. The topological polar surface area (TPSA) is 84.9 Å². The quantitative estimate of drug-likeness (QED) is 0.195. The van der Waals surface area contributed by atoms with E-state index < -0.39 is 5.91 Å². The van der Waals surface area contributed by atoms with Crippen LogP contribution in [0.4, 0.5) is 10.5 Å². The molecule has 0 unspecified atom stereocenters. The van der Waals surface area contributed by atoms with Crippen molar-refractivity contribution >= 4 is 67.3 Å². The maximum absolute atomic E-state index is 13.1. The zero-order valence-electron chi connectivity index (χ0n) is 22.5. The Morgan fingerprint density at radius 1 is 0.951 bits per heavy atom. The minimum absolute atomic E-state index is 0.117. The maximum Gasteiger partial charge on any atom is 0.293 e. The molecule has 1 fully saturated rings. The van der Waals surface area contributed by atoms with Crippen LogP contribution in [0.25, 0.3) is 16.8 Å². The number of nitrogens with zero attached hydrogens (tertiary/aromatic N) is 1. The second kappa shape index (κ2) is 12.6. The zero-order valence-corrected chi connectivity index (χ0v) is 24.9. The van der Waals surface area contributed by atoms with Gasteiger partial charge in [-0.25, -0.2) is 0 Å². The second-order valence-electron chi connectivity index (χ2n) is 9.50. The first-order chi connectivity index (χ1) is 19.8. The van der Waals surface area contributed by atoms with E-state index in [0.29, 0.717) is 17.1 Å². The van der Waals surface area contributed by atoms with Crippen molar-refractivity contribution in [3.8, 4) is 11.5 Å². The summed E-state index contributed by atoms with van der Waals surface area (Å²) >= 11 is 4.31. The number of thioether (sulfide) groups is 1. The molecule has 1 N–H and O–H groups in total. The lowest BCUT2D eigenvalue weighted by Gasteiger charge is -2.14. The van der Waals surface area contributed by atoms with E-state index in [1.54, 1.807) is 24.3 Å². The Bertz CT molecular complexity index is 1680. The van der Waals surface area contributed by atoms with Gasteiger partial charge >= 0.3 is 0 Å². The summed E-state index contributed by atoms with van der Waals surface area (Å²) in [6.07, 6.45) is 1.61. The summed E-state index contributed by atoms with van der Waals surface area (Å²) in [6, 6.07) is 24.7. The third-order valence-electron chi connectivity index (χ3n) is 6.48. The average molecular weight is 632 g/mol. The van der Waals surface area contributed by atoms with Crippen LogP contribution in [-0.2, 0) is 9.59 Å². The molecule has 9 heteroatoms. The Kier molecular flexibility index (Phi) is 8.75. The number of hydrogen-bond donors (Lipinski definition) is 1. The molecule has 0 aromatic heterocycles. The van der Waals surface area contributed by atoms with Crippen molar-refractivity contribution in [3.05, 3.63) is 105 Å². The number of nitrogens with one attached hydrogen (secondary N) is 1. The van der Waals surface area contributed by atoms with E-state index in [1.807, 2.05) is 74.5 Å². The number of rotatable bonds is 9. The molecule has 3 amide bonds. The van der Waals surface area contributed by atoms with Crippen molar-refractivity contribution in [3.63, 3.8) is 0 Å². The highest BCUT2D eigenvalue weighted by atomic mass is 79.9. The first-order valence-corrected chi connectivity index (χ1v) is 14.5. The van der Waals surface area contributed by atoms with Gasteiger partial charge in [-0.05, 0) is 78.5 Å². The van der Waals surface area contributed by atoms with Crippen molar-refractivity contribution in [2.75, 3.05) is 25.1 Å². The molecule has 4 aromatic carbocycles. The number of carbonyl (C=O) groups is 3. The van der Waals surface area contributed by atoms with Crippen molar-refractivity contribution < 1.29 is 23.9 Å². The van der Waals surface area contributed by atoms with Gasteiger partial charge in [-0.15, -0.1) is 0 Å². The molecule has 1 aliphatic heterocycles. The minimum Gasteiger partial charge on any atom is -0.491 e. The van der Waals surface area contributed by atoms with Gasteiger partial charge in [0, 0.05) is 21.1 Å². The molecule has 0 spiro atoms. The van der Waals surface area contributed by atoms with Gasteiger partial charge < -0.3 is 14.8 Å². The standard InChI is InChI=1S/C32H27BrN2O5S/c1-20-10-11-21(2)26(16-20)34-30(36)19-40-27-13-12-24(33)17-23(27)18-29-31(37)35(32(38)41-29)14-15-39-28-9-5-7-22-6-3-4-8-25(22)28/h3-13,16-18H,14-15,19H2,1-2H3,(H,34,36)/b29-18-. The van der Waals surface area contributed by atoms with Crippen LogP contribution in [0.15, 0.2) is 88.2 Å². The molecule has 0 saturated carbocycles. The van der Waals surface area contributed by atoms with Crippen LogP contribution in [-0.4, -0.2) is 41.7 Å². The number of fused-ring (bicyclic) bond motifs is 1. The lowest BCUT2D eigenvalue weighted by atomic mass is 10.1. The highest BCUT2D eigenvalue weighted by molar-refractivity contribution is 9.10. The fourth-order valence-electron chi connectivity index (χ4n) is 4.37. The number of hydrogen-bond acceptors (Lipinski definition) is 6. The highest BCUT2D eigenvalue weighted by Gasteiger charge is 2.35. The number of aryl methyl sites for hydroxylation is 2. The van der Waals surface area contributed by atoms with Gasteiger partial charge in [0.05, 0.1) is 11.4 Å². The van der Waals surface area contributed by atoms with E-state index in [1.165, 1.54) is 4.90 Å². The Balaban J connectivity index is 1.24. The highest BCUT2D eigenvalue weighted by Crippen LogP contribution is 2.35.